The largest absolute Gasteiger partial charge is 0.393 e. The third-order valence-electron chi connectivity index (χ3n) is 7.82. The van der Waals surface area contributed by atoms with Crippen LogP contribution in [-0.4, -0.2) is 11.9 Å². The first-order valence-electron chi connectivity index (χ1n) is 9.01. The fourth-order valence-corrected chi connectivity index (χ4v) is 6.86. The van der Waals surface area contributed by atoms with Crippen LogP contribution >= 0.6 is 0 Å². The molecule has 0 amide bonds. The van der Waals surface area contributed by atoms with E-state index in [1.165, 1.54) is 12.8 Å². The van der Waals surface area contributed by atoms with Gasteiger partial charge in [-0.2, -0.15) is 0 Å². The zero-order chi connectivity index (χ0) is 16.6. The van der Waals surface area contributed by atoms with Crippen LogP contribution in [0.2, 0.25) is 0 Å². The van der Waals surface area contributed by atoms with E-state index < -0.39 is 10.8 Å². The van der Waals surface area contributed by atoms with Gasteiger partial charge in [-0.25, -0.2) is 0 Å². The highest BCUT2D eigenvalue weighted by molar-refractivity contribution is 6.00. The summed E-state index contributed by atoms with van der Waals surface area (Å²) in [6, 6.07) is 10.3. The first kappa shape index (κ1) is 14.4. The molecule has 3 fully saturated rings. The molecular weight excluding hydrogens is 300 g/mol. The summed E-state index contributed by atoms with van der Waals surface area (Å²) in [7, 11) is 0. The number of fused-ring (bicyclic) bond motifs is 1. The Kier molecular flexibility index (Phi) is 2.52. The maximum absolute atomic E-state index is 13.0. The fraction of sp³-hybridized carbons (Fsp3) is 0.524. The number of hydrogen-bond acceptors (Lipinski definition) is 3. The van der Waals surface area contributed by atoms with Gasteiger partial charge < -0.3 is 4.74 Å². The van der Waals surface area contributed by atoms with Crippen LogP contribution in [0.15, 0.2) is 42.5 Å². The first-order valence-corrected chi connectivity index (χ1v) is 9.01. The van der Waals surface area contributed by atoms with E-state index in [1.54, 1.807) is 0 Å². The van der Waals surface area contributed by atoms with Crippen molar-refractivity contribution in [3.63, 3.8) is 0 Å². The topological polar surface area (TPSA) is 43.4 Å². The second-order valence-corrected chi connectivity index (χ2v) is 8.40. The van der Waals surface area contributed by atoms with Crippen molar-refractivity contribution < 1.29 is 14.3 Å². The molecule has 3 heteroatoms. The second kappa shape index (κ2) is 4.19. The van der Waals surface area contributed by atoms with E-state index in [1.807, 2.05) is 18.2 Å². The maximum Gasteiger partial charge on any atom is 0.321 e. The first-order chi connectivity index (χ1) is 11.5. The Bertz CT molecular complexity index is 782. The SMILES string of the molecule is C[C@]12CCCC[C@@]13C=C[C@]2(c1ccccc1)[C@]1(CC(=O)OC1=O)C3. The third-order valence-corrected chi connectivity index (χ3v) is 7.82. The highest BCUT2D eigenvalue weighted by Crippen LogP contribution is 2.81. The van der Waals surface area contributed by atoms with Crippen molar-refractivity contribution >= 4 is 11.9 Å². The molecule has 1 aromatic rings. The minimum absolute atomic E-state index is 0.0186. The molecule has 1 spiro atoms. The number of esters is 2. The van der Waals surface area contributed by atoms with Crippen molar-refractivity contribution in [3.05, 3.63) is 48.0 Å². The Morgan fingerprint density at radius 1 is 1.00 bits per heavy atom. The number of ether oxygens (including phenoxy) is 1. The van der Waals surface area contributed by atoms with Crippen molar-refractivity contribution in [2.45, 2.75) is 50.9 Å². The number of hydrogen-bond donors (Lipinski definition) is 0. The lowest BCUT2D eigenvalue weighted by Crippen LogP contribution is -2.51. The van der Waals surface area contributed by atoms with Crippen LogP contribution in [0.25, 0.3) is 0 Å². The molecule has 2 bridgehead atoms. The van der Waals surface area contributed by atoms with Crippen molar-refractivity contribution in [1.82, 2.24) is 0 Å². The van der Waals surface area contributed by atoms with Crippen LogP contribution in [0.4, 0.5) is 0 Å². The molecule has 3 aliphatic carbocycles. The lowest BCUT2D eigenvalue weighted by molar-refractivity contribution is -0.156. The Labute approximate surface area is 142 Å². The van der Waals surface area contributed by atoms with Gasteiger partial charge in [-0.15, -0.1) is 0 Å². The molecule has 4 aliphatic rings. The van der Waals surface area contributed by atoms with E-state index >= 15 is 0 Å². The van der Waals surface area contributed by atoms with Gasteiger partial charge in [0.25, 0.3) is 0 Å². The molecule has 5 rings (SSSR count). The second-order valence-electron chi connectivity index (χ2n) is 8.40. The standard InChI is InChI=1S/C21H22O3/c1-18-9-5-6-10-19(18)11-12-21(18,15-7-3-2-4-8-15)20(14-19)13-16(22)24-17(20)23/h2-4,7-8,11-12H,5-6,9-10,13-14H2,1H3/t18-,19-,20+,21+/m0/s1. The van der Waals surface area contributed by atoms with Gasteiger partial charge in [0.2, 0.25) is 0 Å². The summed E-state index contributed by atoms with van der Waals surface area (Å²) in [5, 5.41) is 0. The highest BCUT2D eigenvalue weighted by Gasteiger charge is 2.81. The van der Waals surface area contributed by atoms with E-state index in [9.17, 15) is 9.59 Å². The van der Waals surface area contributed by atoms with E-state index in [4.69, 9.17) is 4.74 Å². The normalized spacial score (nSPS) is 45.7. The molecule has 0 unspecified atom stereocenters. The van der Waals surface area contributed by atoms with Crippen LogP contribution in [-0.2, 0) is 19.7 Å². The number of carbonyl (C=O) groups is 2. The predicted molar refractivity (Wildman–Crippen MR) is 89.0 cm³/mol. The van der Waals surface area contributed by atoms with Crippen LogP contribution in [0.3, 0.4) is 0 Å². The molecule has 4 atom stereocenters. The number of benzene rings is 1. The molecule has 124 valence electrons. The number of cyclic esters (lactones) is 2. The Hall–Kier alpha value is -1.90. The lowest BCUT2D eigenvalue weighted by atomic mass is 9.50. The Balaban J connectivity index is 1.84. The van der Waals surface area contributed by atoms with E-state index in [-0.39, 0.29) is 29.2 Å². The molecule has 1 aliphatic heterocycles. The maximum atomic E-state index is 13.0. The van der Waals surface area contributed by atoms with Crippen LogP contribution in [0.5, 0.6) is 0 Å². The summed E-state index contributed by atoms with van der Waals surface area (Å²) in [6.07, 6.45) is 10.2. The van der Waals surface area contributed by atoms with Crippen LogP contribution in [0, 0.1) is 16.2 Å². The number of rotatable bonds is 1. The van der Waals surface area contributed by atoms with Gasteiger partial charge in [0.15, 0.2) is 0 Å². The summed E-state index contributed by atoms with van der Waals surface area (Å²) in [5.41, 5.74) is 0.00900. The van der Waals surface area contributed by atoms with E-state index in [0.717, 1.165) is 24.8 Å². The molecule has 0 aromatic heterocycles. The zero-order valence-corrected chi connectivity index (χ0v) is 14.0. The van der Waals surface area contributed by atoms with Crippen molar-refractivity contribution in [2.24, 2.45) is 16.2 Å². The van der Waals surface area contributed by atoms with Crippen molar-refractivity contribution in [1.29, 1.82) is 0 Å². The van der Waals surface area contributed by atoms with Gasteiger partial charge in [-0.3, -0.25) is 9.59 Å². The molecule has 0 radical (unpaired) electrons. The van der Waals surface area contributed by atoms with Gasteiger partial charge in [-0.05, 0) is 35.7 Å². The molecule has 1 saturated heterocycles. The van der Waals surface area contributed by atoms with Gasteiger partial charge in [0, 0.05) is 5.41 Å². The van der Waals surface area contributed by atoms with Gasteiger partial charge in [0.05, 0.1) is 11.8 Å². The molecule has 2 saturated carbocycles. The number of allylic oxidation sites excluding steroid dienone is 2. The predicted octanol–water partition coefficient (Wildman–Crippen LogP) is 3.92. The highest BCUT2D eigenvalue weighted by atomic mass is 16.6. The molecule has 0 N–H and O–H groups in total. The van der Waals surface area contributed by atoms with Crippen molar-refractivity contribution in [2.75, 3.05) is 0 Å². The molecular formula is C21H22O3. The monoisotopic (exact) mass is 322 g/mol. The number of carbonyl (C=O) groups excluding carboxylic acids is 2. The van der Waals surface area contributed by atoms with Crippen LogP contribution in [0.1, 0.15) is 51.0 Å². The summed E-state index contributed by atoms with van der Waals surface area (Å²) >= 11 is 0. The summed E-state index contributed by atoms with van der Waals surface area (Å²) in [4.78, 5) is 25.1. The fourth-order valence-electron chi connectivity index (χ4n) is 6.86. The summed E-state index contributed by atoms with van der Waals surface area (Å²) in [6.45, 7) is 2.35. The lowest BCUT2D eigenvalue weighted by Gasteiger charge is -2.51. The van der Waals surface area contributed by atoms with Gasteiger partial charge >= 0.3 is 11.9 Å². The zero-order valence-electron chi connectivity index (χ0n) is 14.0. The minimum atomic E-state index is -0.723. The van der Waals surface area contributed by atoms with E-state index in [2.05, 4.69) is 31.2 Å². The summed E-state index contributed by atoms with van der Waals surface area (Å²) < 4.78 is 5.13. The summed E-state index contributed by atoms with van der Waals surface area (Å²) in [5.74, 6) is -0.649. The van der Waals surface area contributed by atoms with Gasteiger partial charge in [0.1, 0.15) is 0 Å². The smallest absolute Gasteiger partial charge is 0.321 e. The molecule has 3 nitrogen and oxygen atoms in total. The Morgan fingerprint density at radius 3 is 2.46 bits per heavy atom. The quantitative estimate of drug-likeness (QED) is 0.447. The van der Waals surface area contributed by atoms with Crippen LogP contribution < -0.4 is 0 Å². The molecule has 1 heterocycles. The van der Waals surface area contributed by atoms with Crippen molar-refractivity contribution in [3.8, 4) is 0 Å². The average Bonchev–Trinajstić information content (AvgIpc) is 3.08. The van der Waals surface area contributed by atoms with E-state index in [0.29, 0.717) is 0 Å². The van der Waals surface area contributed by atoms with Gasteiger partial charge in [-0.1, -0.05) is 62.2 Å². The molecule has 24 heavy (non-hydrogen) atoms. The molecule has 1 aromatic carbocycles. The third kappa shape index (κ3) is 1.27. The minimum Gasteiger partial charge on any atom is -0.393 e. The average molecular weight is 322 g/mol. The Morgan fingerprint density at radius 2 is 1.75 bits per heavy atom.